The molecular formula is C10H11ClF3NS. The molecule has 1 atom stereocenters. The fourth-order valence-electron chi connectivity index (χ4n) is 0.941. The fourth-order valence-corrected chi connectivity index (χ4v) is 2.07. The van der Waals surface area contributed by atoms with Crippen LogP contribution in [0.25, 0.3) is 0 Å². The Balaban J connectivity index is 2.92. The normalized spacial score (nSPS) is 13.9. The molecule has 1 heterocycles. The van der Waals surface area contributed by atoms with Crippen LogP contribution in [0.2, 0.25) is 5.02 Å². The maximum atomic E-state index is 12.3. The molecule has 1 unspecified atom stereocenters. The summed E-state index contributed by atoms with van der Waals surface area (Å²) in [7, 11) is 0. The lowest BCUT2D eigenvalue weighted by Crippen LogP contribution is -2.06. The van der Waals surface area contributed by atoms with Crippen molar-refractivity contribution in [3.8, 4) is 0 Å². The number of pyridine rings is 1. The Kier molecular flexibility index (Phi) is 4.50. The summed E-state index contributed by atoms with van der Waals surface area (Å²) in [6, 6.07) is 0.916. The molecule has 0 saturated heterocycles. The Morgan fingerprint density at radius 1 is 1.50 bits per heavy atom. The molecule has 16 heavy (non-hydrogen) atoms. The van der Waals surface area contributed by atoms with Crippen molar-refractivity contribution in [1.82, 2.24) is 4.98 Å². The van der Waals surface area contributed by atoms with Gasteiger partial charge < -0.3 is 0 Å². The lowest BCUT2D eigenvalue weighted by atomic mass is 10.3. The lowest BCUT2D eigenvalue weighted by Gasteiger charge is -2.11. The summed E-state index contributed by atoms with van der Waals surface area (Å²) in [5.74, 6) is 0. The lowest BCUT2D eigenvalue weighted by molar-refractivity contribution is -0.137. The smallest absolute Gasteiger partial charge is 0.248 e. The van der Waals surface area contributed by atoms with Gasteiger partial charge in [0.25, 0.3) is 0 Å². The largest absolute Gasteiger partial charge is 0.417 e. The predicted molar refractivity (Wildman–Crippen MR) is 59.9 cm³/mol. The summed E-state index contributed by atoms with van der Waals surface area (Å²) in [5.41, 5.74) is -0.814. The Morgan fingerprint density at radius 2 is 2.12 bits per heavy atom. The number of aromatic nitrogens is 1. The van der Waals surface area contributed by atoms with Gasteiger partial charge in [0, 0.05) is 11.4 Å². The van der Waals surface area contributed by atoms with E-state index in [0.717, 1.165) is 18.7 Å². The van der Waals surface area contributed by atoms with Gasteiger partial charge in [-0.25, -0.2) is 4.98 Å². The molecule has 0 aliphatic heterocycles. The zero-order valence-electron chi connectivity index (χ0n) is 8.81. The van der Waals surface area contributed by atoms with Gasteiger partial charge in [-0.3, -0.25) is 0 Å². The number of halogens is 4. The van der Waals surface area contributed by atoms with Crippen molar-refractivity contribution in [1.29, 1.82) is 0 Å². The van der Waals surface area contributed by atoms with Crippen LogP contribution < -0.4 is 0 Å². The summed E-state index contributed by atoms with van der Waals surface area (Å²) in [5, 5.41) is 0.783. The van der Waals surface area contributed by atoms with Gasteiger partial charge in [0.2, 0.25) is 0 Å². The first-order valence-electron chi connectivity index (χ1n) is 4.74. The number of hydrogen-bond acceptors (Lipinski definition) is 2. The molecule has 0 aromatic carbocycles. The van der Waals surface area contributed by atoms with Crippen LogP contribution in [0.3, 0.4) is 0 Å². The van der Waals surface area contributed by atoms with E-state index in [1.165, 1.54) is 11.8 Å². The molecule has 1 aromatic heterocycles. The fraction of sp³-hybridized carbons (Fsp3) is 0.500. The number of hydrogen-bond donors (Lipinski definition) is 0. The Hall–Kier alpha value is -0.420. The SMILES string of the molecule is CCC(C)Sc1ncc(C(F)(F)F)cc1Cl. The predicted octanol–water partition coefficient (Wildman–Crippen LogP) is 4.64. The van der Waals surface area contributed by atoms with Crippen molar-refractivity contribution >= 4 is 23.4 Å². The van der Waals surface area contributed by atoms with Crippen LogP contribution in [0.5, 0.6) is 0 Å². The van der Waals surface area contributed by atoms with Gasteiger partial charge in [0.15, 0.2) is 0 Å². The van der Waals surface area contributed by atoms with Crippen LogP contribution >= 0.6 is 23.4 Å². The summed E-state index contributed by atoms with van der Waals surface area (Å²) in [6.07, 6.45) is -2.67. The van der Waals surface area contributed by atoms with Gasteiger partial charge in [-0.15, -0.1) is 11.8 Å². The van der Waals surface area contributed by atoms with Gasteiger partial charge >= 0.3 is 6.18 Å². The van der Waals surface area contributed by atoms with E-state index >= 15 is 0 Å². The van der Waals surface area contributed by atoms with E-state index in [2.05, 4.69) is 4.98 Å². The van der Waals surface area contributed by atoms with Crippen LogP contribution in [-0.2, 0) is 6.18 Å². The third-order valence-electron chi connectivity index (χ3n) is 2.02. The molecule has 0 saturated carbocycles. The van der Waals surface area contributed by atoms with Crippen molar-refractivity contribution in [3.63, 3.8) is 0 Å². The Morgan fingerprint density at radius 3 is 2.56 bits per heavy atom. The van der Waals surface area contributed by atoms with Crippen LogP contribution in [0.4, 0.5) is 13.2 Å². The summed E-state index contributed by atoms with van der Waals surface area (Å²) >= 11 is 7.13. The van der Waals surface area contributed by atoms with E-state index in [1.807, 2.05) is 13.8 Å². The average molecular weight is 270 g/mol. The van der Waals surface area contributed by atoms with E-state index in [1.54, 1.807) is 0 Å². The maximum absolute atomic E-state index is 12.3. The van der Waals surface area contributed by atoms with E-state index in [9.17, 15) is 13.2 Å². The van der Waals surface area contributed by atoms with Gasteiger partial charge in [-0.05, 0) is 12.5 Å². The van der Waals surface area contributed by atoms with Crippen LogP contribution in [0, 0.1) is 0 Å². The second kappa shape index (κ2) is 5.27. The number of thioether (sulfide) groups is 1. The van der Waals surface area contributed by atoms with Crippen molar-refractivity contribution in [2.75, 3.05) is 0 Å². The summed E-state index contributed by atoms with van der Waals surface area (Å²) in [4.78, 5) is 3.74. The molecule has 0 fully saturated rings. The zero-order chi connectivity index (χ0) is 12.3. The first-order valence-corrected chi connectivity index (χ1v) is 5.99. The Labute approximate surface area is 101 Å². The van der Waals surface area contributed by atoms with Gasteiger partial charge in [-0.2, -0.15) is 13.2 Å². The van der Waals surface area contributed by atoms with E-state index in [4.69, 9.17) is 11.6 Å². The van der Waals surface area contributed by atoms with Crippen molar-refractivity contribution < 1.29 is 13.2 Å². The van der Waals surface area contributed by atoms with Gasteiger partial charge in [0.05, 0.1) is 10.6 Å². The molecule has 0 bridgehead atoms. The second-order valence-electron chi connectivity index (χ2n) is 3.35. The van der Waals surface area contributed by atoms with Crippen LogP contribution in [0.15, 0.2) is 17.3 Å². The standard InChI is InChI=1S/C10H11ClF3NS/c1-3-6(2)16-9-8(11)4-7(5-15-9)10(12,13)14/h4-6H,3H2,1-2H3. The third-order valence-corrected chi connectivity index (χ3v) is 3.71. The monoisotopic (exact) mass is 269 g/mol. The number of rotatable bonds is 3. The second-order valence-corrected chi connectivity index (χ2v) is 5.18. The van der Waals surface area contributed by atoms with Crippen molar-refractivity contribution in [2.24, 2.45) is 0 Å². The molecular weight excluding hydrogens is 259 g/mol. The molecule has 0 spiro atoms. The molecule has 1 rings (SSSR count). The molecule has 0 aliphatic carbocycles. The van der Waals surface area contributed by atoms with Crippen LogP contribution in [0.1, 0.15) is 25.8 Å². The van der Waals surface area contributed by atoms with E-state index in [0.29, 0.717) is 5.03 Å². The zero-order valence-corrected chi connectivity index (χ0v) is 10.4. The van der Waals surface area contributed by atoms with E-state index < -0.39 is 11.7 Å². The molecule has 1 nitrogen and oxygen atoms in total. The molecule has 0 amide bonds. The minimum atomic E-state index is -4.39. The number of alkyl halides is 3. The average Bonchev–Trinajstić information content (AvgIpc) is 2.19. The molecule has 90 valence electrons. The van der Waals surface area contributed by atoms with Gasteiger partial charge in [0.1, 0.15) is 5.03 Å². The van der Waals surface area contributed by atoms with E-state index in [-0.39, 0.29) is 10.3 Å². The Bertz CT molecular complexity index is 368. The quantitative estimate of drug-likeness (QED) is 0.741. The minimum absolute atomic E-state index is 0.0557. The van der Waals surface area contributed by atoms with Crippen LogP contribution in [-0.4, -0.2) is 10.2 Å². The maximum Gasteiger partial charge on any atom is 0.417 e. The van der Waals surface area contributed by atoms with Gasteiger partial charge in [-0.1, -0.05) is 25.4 Å². The number of nitrogens with zero attached hydrogens (tertiary/aromatic N) is 1. The highest BCUT2D eigenvalue weighted by atomic mass is 35.5. The highest BCUT2D eigenvalue weighted by Crippen LogP contribution is 2.35. The van der Waals surface area contributed by atoms with Crippen molar-refractivity contribution in [3.05, 3.63) is 22.8 Å². The highest BCUT2D eigenvalue weighted by Gasteiger charge is 2.31. The van der Waals surface area contributed by atoms with Crippen molar-refractivity contribution in [2.45, 2.75) is 36.7 Å². The minimum Gasteiger partial charge on any atom is -0.248 e. The molecule has 0 N–H and O–H groups in total. The first-order chi connectivity index (χ1) is 7.34. The molecule has 6 heteroatoms. The first kappa shape index (κ1) is 13.6. The molecule has 1 aromatic rings. The third kappa shape index (κ3) is 3.56. The molecule has 0 radical (unpaired) electrons. The highest BCUT2D eigenvalue weighted by molar-refractivity contribution is 7.99. The molecule has 0 aliphatic rings. The summed E-state index contributed by atoms with van der Waals surface area (Å²) in [6.45, 7) is 3.97. The topological polar surface area (TPSA) is 12.9 Å². The summed E-state index contributed by atoms with van der Waals surface area (Å²) < 4.78 is 37.0.